The number of furan rings is 1. The van der Waals surface area contributed by atoms with E-state index in [-0.39, 0.29) is 13.1 Å². The number of nitrogens with zero attached hydrogens (tertiary/aromatic N) is 4. The molecular weight excluding hydrogens is 469 g/mol. The Balaban J connectivity index is 1.51. The number of fused-ring (bicyclic) bond motifs is 1. The third kappa shape index (κ3) is 4.82. The minimum Gasteiger partial charge on any atom is -0.467 e. The Morgan fingerprint density at radius 2 is 1.89 bits per heavy atom. The van der Waals surface area contributed by atoms with E-state index in [0.717, 1.165) is 0 Å². The van der Waals surface area contributed by atoms with E-state index in [0.29, 0.717) is 27.4 Å². The van der Waals surface area contributed by atoms with Gasteiger partial charge in [0, 0.05) is 10.6 Å². The van der Waals surface area contributed by atoms with E-state index in [2.05, 4.69) is 15.6 Å². The molecule has 0 radical (unpaired) electrons. The molecule has 3 heterocycles. The van der Waals surface area contributed by atoms with E-state index in [4.69, 9.17) is 4.42 Å². The molecule has 35 heavy (non-hydrogen) atoms. The van der Waals surface area contributed by atoms with Crippen LogP contribution >= 0.6 is 11.3 Å². The van der Waals surface area contributed by atoms with E-state index in [1.54, 1.807) is 24.3 Å². The Hall–Kier alpha value is -4.31. The summed E-state index contributed by atoms with van der Waals surface area (Å²) in [6, 6.07) is 18.9. The zero-order valence-corrected chi connectivity index (χ0v) is 19.2. The molecule has 2 amide bonds. The predicted molar refractivity (Wildman–Crippen MR) is 129 cm³/mol. The lowest BCUT2D eigenvalue weighted by Crippen LogP contribution is -2.44. The summed E-state index contributed by atoms with van der Waals surface area (Å²) in [6.07, 6.45) is 1.52. The van der Waals surface area contributed by atoms with Crippen molar-refractivity contribution in [3.63, 3.8) is 0 Å². The maximum atomic E-state index is 13.8. The van der Waals surface area contributed by atoms with Crippen LogP contribution in [0.5, 0.6) is 0 Å². The van der Waals surface area contributed by atoms with Gasteiger partial charge in [0.1, 0.15) is 29.7 Å². The standard InChI is InChI=1S/C25H20FN5O3S/c26-17-9-11-18(12-10-17)31(23(32)16-30-21-7-2-1-6-20(21)28-29-30)24(22-8-4-14-35-22)25(33)27-15-19-5-3-13-34-19/h1-14,24H,15-16H2,(H,27,33)/t24-/m1/s1. The molecule has 0 saturated carbocycles. The van der Waals surface area contributed by atoms with Crippen LogP contribution in [0.2, 0.25) is 0 Å². The van der Waals surface area contributed by atoms with Gasteiger partial charge in [0.05, 0.1) is 18.3 Å². The van der Waals surface area contributed by atoms with Crippen molar-refractivity contribution < 1.29 is 18.4 Å². The Labute approximate surface area is 203 Å². The molecule has 0 spiro atoms. The number of benzene rings is 2. The number of hydrogen-bond acceptors (Lipinski definition) is 6. The zero-order valence-electron chi connectivity index (χ0n) is 18.4. The second kappa shape index (κ2) is 9.90. The average Bonchev–Trinajstić information content (AvgIpc) is 3.65. The Kier molecular flexibility index (Phi) is 6.36. The van der Waals surface area contributed by atoms with Crippen LogP contribution in [0, 0.1) is 5.82 Å². The van der Waals surface area contributed by atoms with Crippen molar-refractivity contribution in [2.75, 3.05) is 4.90 Å². The van der Waals surface area contributed by atoms with Crippen LogP contribution in [-0.2, 0) is 22.7 Å². The quantitative estimate of drug-likeness (QED) is 0.351. The number of carbonyl (C=O) groups excluding carboxylic acids is 2. The number of anilines is 1. The van der Waals surface area contributed by atoms with Crippen LogP contribution in [-0.4, -0.2) is 26.8 Å². The number of amides is 2. The molecule has 5 rings (SSSR count). The molecule has 1 atom stereocenters. The van der Waals surface area contributed by atoms with Crippen LogP contribution in [0.3, 0.4) is 0 Å². The molecule has 10 heteroatoms. The molecule has 0 aliphatic heterocycles. The molecular formula is C25H20FN5O3S. The van der Waals surface area contributed by atoms with Crippen molar-refractivity contribution in [1.29, 1.82) is 0 Å². The number of halogens is 1. The maximum Gasteiger partial charge on any atom is 0.249 e. The Bertz CT molecular complexity index is 1430. The Morgan fingerprint density at radius 3 is 2.63 bits per heavy atom. The maximum absolute atomic E-state index is 13.8. The minimum atomic E-state index is -0.988. The highest BCUT2D eigenvalue weighted by atomic mass is 32.1. The summed E-state index contributed by atoms with van der Waals surface area (Å²) in [5, 5.41) is 12.9. The van der Waals surface area contributed by atoms with Gasteiger partial charge in [-0.2, -0.15) is 0 Å². The third-order valence-electron chi connectivity index (χ3n) is 5.41. The average molecular weight is 490 g/mol. The van der Waals surface area contributed by atoms with Gasteiger partial charge in [-0.3, -0.25) is 14.5 Å². The van der Waals surface area contributed by atoms with E-state index < -0.39 is 23.7 Å². The molecule has 0 aliphatic carbocycles. The number of carbonyl (C=O) groups is 2. The van der Waals surface area contributed by atoms with E-state index in [1.807, 2.05) is 29.6 Å². The van der Waals surface area contributed by atoms with Gasteiger partial charge in [0.25, 0.3) is 0 Å². The second-order valence-electron chi connectivity index (χ2n) is 7.69. The van der Waals surface area contributed by atoms with Crippen LogP contribution in [0.4, 0.5) is 10.1 Å². The lowest BCUT2D eigenvalue weighted by molar-refractivity contribution is -0.127. The van der Waals surface area contributed by atoms with Crippen LogP contribution in [0.15, 0.2) is 88.9 Å². The van der Waals surface area contributed by atoms with Crippen molar-refractivity contribution in [3.05, 3.63) is 101 Å². The van der Waals surface area contributed by atoms with Gasteiger partial charge in [-0.1, -0.05) is 23.4 Å². The van der Waals surface area contributed by atoms with Crippen molar-refractivity contribution in [2.24, 2.45) is 0 Å². The lowest BCUT2D eigenvalue weighted by Gasteiger charge is -2.30. The summed E-state index contributed by atoms with van der Waals surface area (Å²) in [6.45, 7) is -0.00189. The number of nitrogens with one attached hydrogen (secondary N) is 1. The topological polar surface area (TPSA) is 93.3 Å². The smallest absolute Gasteiger partial charge is 0.249 e. The summed E-state index contributed by atoms with van der Waals surface area (Å²) in [7, 11) is 0. The largest absolute Gasteiger partial charge is 0.467 e. The summed E-state index contributed by atoms with van der Waals surface area (Å²) >= 11 is 1.35. The number of thiophene rings is 1. The molecule has 0 fully saturated rings. The van der Waals surface area contributed by atoms with Gasteiger partial charge in [0.15, 0.2) is 0 Å². The molecule has 3 aromatic heterocycles. The number of hydrogen-bond donors (Lipinski definition) is 1. The first kappa shape index (κ1) is 22.5. The highest BCUT2D eigenvalue weighted by molar-refractivity contribution is 7.10. The fourth-order valence-electron chi connectivity index (χ4n) is 3.78. The van der Waals surface area contributed by atoms with Gasteiger partial charge < -0.3 is 9.73 Å². The first-order chi connectivity index (χ1) is 17.1. The monoisotopic (exact) mass is 489 g/mol. The summed E-state index contributed by atoms with van der Waals surface area (Å²) in [5.41, 5.74) is 1.72. The highest BCUT2D eigenvalue weighted by Gasteiger charge is 2.34. The van der Waals surface area contributed by atoms with Crippen molar-refractivity contribution in [1.82, 2.24) is 20.3 Å². The fourth-order valence-corrected chi connectivity index (χ4v) is 4.59. The van der Waals surface area contributed by atoms with E-state index in [9.17, 15) is 14.0 Å². The molecule has 0 aliphatic rings. The highest BCUT2D eigenvalue weighted by Crippen LogP contribution is 2.31. The van der Waals surface area contributed by atoms with Crippen LogP contribution in [0.1, 0.15) is 16.7 Å². The third-order valence-corrected chi connectivity index (χ3v) is 6.34. The first-order valence-electron chi connectivity index (χ1n) is 10.8. The minimum absolute atomic E-state index is 0.160. The number of aromatic nitrogens is 3. The Morgan fingerprint density at radius 1 is 1.06 bits per heavy atom. The van der Waals surface area contributed by atoms with Crippen molar-refractivity contribution in [2.45, 2.75) is 19.1 Å². The second-order valence-corrected chi connectivity index (χ2v) is 8.67. The van der Waals surface area contributed by atoms with Gasteiger partial charge in [-0.25, -0.2) is 9.07 Å². The van der Waals surface area contributed by atoms with Gasteiger partial charge in [0.2, 0.25) is 11.8 Å². The molecule has 8 nitrogen and oxygen atoms in total. The first-order valence-corrected chi connectivity index (χ1v) is 11.7. The van der Waals surface area contributed by atoms with Crippen molar-refractivity contribution in [3.8, 4) is 0 Å². The van der Waals surface area contributed by atoms with Crippen LogP contribution in [0.25, 0.3) is 11.0 Å². The molecule has 0 bridgehead atoms. The summed E-state index contributed by atoms with van der Waals surface area (Å²) in [4.78, 5) is 29.3. The van der Waals surface area contributed by atoms with Gasteiger partial charge in [-0.15, -0.1) is 16.4 Å². The molecule has 0 unspecified atom stereocenters. The molecule has 5 aromatic rings. The van der Waals surface area contributed by atoms with Gasteiger partial charge >= 0.3 is 0 Å². The van der Waals surface area contributed by atoms with E-state index in [1.165, 1.54) is 51.4 Å². The van der Waals surface area contributed by atoms with Gasteiger partial charge in [-0.05, 0) is 60.0 Å². The zero-order chi connectivity index (χ0) is 24.2. The predicted octanol–water partition coefficient (Wildman–Crippen LogP) is 4.32. The SMILES string of the molecule is O=C(NCc1ccco1)[C@@H](c1cccs1)N(C(=O)Cn1nnc2ccccc21)c1ccc(F)cc1. The summed E-state index contributed by atoms with van der Waals surface area (Å²) in [5.74, 6) is -0.667. The van der Waals surface area contributed by atoms with Crippen molar-refractivity contribution >= 4 is 39.9 Å². The number of para-hydroxylation sites is 1. The van der Waals surface area contributed by atoms with Crippen LogP contribution < -0.4 is 10.2 Å². The fraction of sp³-hybridized carbons (Fsp3) is 0.120. The molecule has 1 N–H and O–H groups in total. The molecule has 176 valence electrons. The van der Waals surface area contributed by atoms with E-state index >= 15 is 0 Å². The number of rotatable bonds is 8. The normalized spacial score (nSPS) is 11.9. The summed E-state index contributed by atoms with van der Waals surface area (Å²) < 4.78 is 20.5. The molecule has 2 aromatic carbocycles. The molecule has 0 saturated heterocycles. The lowest BCUT2D eigenvalue weighted by atomic mass is 10.1.